The molecule has 3 aliphatic rings. The molecule has 0 aromatic carbocycles. The first-order chi connectivity index (χ1) is 9.20. The molecule has 1 spiro atoms. The second kappa shape index (κ2) is 5.71. The van der Waals surface area contributed by atoms with Crippen molar-refractivity contribution in [3.05, 3.63) is 0 Å². The molecule has 1 saturated carbocycles. The van der Waals surface area contributed by atoms with Gasteiger partial charge in [-0.1, -0.05) is 26.2 Å². The molecular formula is C16H30N2O. The van der Waals surface area contributed by atoms with Crippen LogP contribution in [0.4, 0.5) is 0 Å². The fraction of sp³-hybridized carbons (Fsp3) is 1.00. The van der Waals surface area contributed by atoms with Gasteiger partial charge in [-0.2, -0.15) is 0 Å². The molecule has 2 saturated heterocycles. The lowest BCUT2D eigenvalue weighted by Crippen LogP contribution is -2.62. The van der Waals surface area contributed by atoms with Crippen molar-refractivity contribution in [1.29, 1.82) is 0 Å². The lowest BCUT2D eigenvalue weighted by molar-refractivity contribution is -0.00856. The topological polar surface area (TPSA) is 24.5 Å². The molecule has 0 bridgehead atoms. The highest BCUT2D eigenvalue weighted by atomic mass is 16.5. The van der Waals surface area contributed by atoms with Crippen LogP contribution in [0.2, 0.25) is 0 Å². The summed E-state index contributed by atoms with van der Waals surface area (Å²) in [7, 11) is 0. The largest absolute Gasteiger partial charge is 0.381 e. The average Bonchev–Trinajstić information content (AvgIpc) is 2.40. The van der Waals surface area contributed by atoms with E-state index in [4.69, 9.17) is 4.74 Å². The van der Waals surface area contributed by atoms with E-state index in [-0.39, 0.29) is 0 Å². The van der Waals surface area contributed by atoms with Gasteiger partial charge >= 0.3 is 0 Å². The van der Waals surface area contributed by atoms with Crippen LogP contribution in [0, 0.1) is 5.41 Å². The molecular weight excluding hydrogens is 236 g/mol. The number of ether oxygens (including phenoxy) is 1. The summed E-state index contributed by atoms with van der Waals surface area (Å²) in [6, 6.07) is 0. The first-order valence-corrected chi connectivity index (χ1v) is 8.25. The highest BCUT2D eigenvalue weighted by Gasteiger charge is 2.38. The van der Waals surface area contributed by atoms with Crippen LogP contribution < -0.4 is 5.32 Å². The van der Waals surface area contributed by atoms with E-state index in [1.807, 2.05) is 0 Å². The highest BCUT2D eigenvalue weighted by molar-refractivity contribution is 4.97. The Morgan fingerprint density at radius 2 is 1.79 bits per heavy atom. The molecule has 3 nitrogen and oxygen atoms in total. The number of nitrogens with zero attached hydrogens (tertiary/aromatic N) is 1. The average molecular weight is 266 g/mol. The van der Waals surface area contributed by atoms with E-state index >= 15 is 0 Å². The molecule has 2 aliphatic heterocycles. The van der Waals surface area contributed by atoms with Crippen LogP contribution in [0.15, 0.2) is 0 Å². The van der Waals surface area contributed by atoms with E-state index in [2.05, 4.69) is 17.1 Å². The van der Waals surface area contributed by atoms with Crippen molar-refractivity contribution in [2.75, 3.05) is 39.4 Å². The summed E-state index contributed by atoms with van der Waals surface area (Å²) in [5, 5.41) is 3.85. The molecule has 3 heteroatoms. The van der Waals surface area contributed by atoms with Gasteiger partial charge in [-0.15, -0.1) is 0 Å². The van der Waals surface area contributed by atoms with Crippen molar-refractivity contribution in [3.8, 4) is 0 Å². The molecule has 0 amide bonds. The van der Waals surface area contributed by atoms with Gasteiger partial charge in [-0.05, 0) is 31.1 Å². The summed E-state index contributed by atoms with van der Waals surface area (Å²) in [5.41, 5.74) is 0.948. The van der Waals surface area contributed by atoms with Crippen molar-refractivity contribution >= 4 is 0 Å². The molecule has 0 unspecified atom stereocenters. The molecule has 0 radical (unpaired) electrons. The third-order valence-electron chi connectivity index (χ3n) is 5.57. The molecule has 3 fully saturated rings. The molecule has 1 aliphatic carbocycles. The summed E-state index contributed by atoms with van der Waals surface area (Å²) in [6.07, 6.45) is 9.55. The highest BCUT2D eigenvalue weighted by Crippen LogP contribution is 2.34. The number of nitrogens with one attached hydrogen (secondary N) is 1. The Balaban J connectivity index is 1.58. The van der Waals surface area contributed by atoms with Gasteiger partial charge in [0.1, 0.15) is 0 Å². The molecule has 0 aromatic rings. The van der Waals surface area contributed by atoms with Crippen LogP contribution in [0.3, 0.4) is 0 Å². The summed E-state index contributed by atoms with van der Waals surface area (Å²) in [4.78, 5) is 2.74. The first-order valence-electron chi connectivity index (χ1n) is 8.25. The Bertz CT molecular complexity index is 286. The lowest BCUT2D eigenvalue weighted by Gasteiger charge is -2.48. The molecule has 0 atom stereocenters. The molecule has 3 rings (SSSR count). The van der Waals surface area contributed by atoms with Gasteiger partial charge in [0, 0.05) is 44.9 Å². The number of hydrogen-bond acceptors (Lipinski definition) is 3. The molecule has 2 heterocycles. The molecule has 1 N–H and O–H groups in total. The molecule has 19 heavy (non-hydrogen) atoms. The smallest absolute Gasteiger partial charge is 0.0471 e. The predicted molar refractivity (Wildman–Crippen MR) is 78.4 cm³/mol. The van der Waals surface area contributed by atoms with Crippen molar-refractivity contribution in [3.63, 3.8) is 0 Å². The van der Waals surface area contributed by atoms with Crippen LogP contribution in [0.1, 0.15) is 51.9 Å². The van der Waals surface area contributed by atoms with E-state index in [1.54, 1.807) is 0 Å². The van der Waals surface area contributed by atoms with E-state index in [9.17, 15) is 0 Å². The van der Waals surface area contributed by atoms with Gasteiger partial charge in [-0.25, -0.2) is 0 Å². The van der Waals surface area contributed by atoms with Crippen LogP contribution in [0.25, 0.3) is 0 Å². The summed E-state index contributed by atoms with van der Waals surface area (Å²) < 4.78 is 5.53. The van der Waals surface area contributed by atoms with Gasteiger partial charge in [0.15, 0.2) is 0 Å². The normalized spacial score (nSPS) is 31.4. The third-order valence-corrected chi connectivity index (χ3v) is 5.57. The number of piperazine rings is 1. The fourth-order valence-electron chi connectivity index (χ4n) is 4.30. The Labute approximate surface area is 118 Å². The van der Waals surface area contributed by atoms with Gasteiger partial charge < -0.3 is 10.1 Å². The predicted octanol–water partition coefficient (Wildman–Crippen LogP) is 2.41. The maximum absolute atomic E-state index is 5.53. The lowest BCUT2D eigenvalue weighted by atomic mass is 9.78. The maximum atomic E-state index is 5.53. The minimum atomic E-state index is 0.456. The summed E-state index contributed by atoms with van der Waals surface area (Å²) in [5.74, 6) is 0. The SMILES string of the molecule is CC1(CN2CCNC3(CCCCC3)C2)CCOCC1. The van der Waals surface area contributed by atoms with Crippen molar-refractivity contribution in [1.82, 2.24) is 10.2 Å². The number of hydrogen-bond donors (Lipinski definition) is 1. The van der Waals surface area contributed by atoms with Crippen molar-refractivity contribution < 1.29 is 4.74 Å². The monoisotopic (exact) mass is 266 g/mol. The van der Waals surface area contributed by atoms with E-state index in [1.165, 1.54) is 71.1 Å². The van der Waals surface area contributed by atoms with Crippen LogP contribution in [0.5, 0.6) is 0 Å². The van der Waals surface area contributed by atoms with Gasteiger partial charge in [0.2, 0.25) is 0 Å². The third kappa shape index (κ3) is 3.32. The van der Waals surface area contributed by atoms with Gasteiger partial charge in [0.25, 0.3) is 0 Å². The fourth-order valence-corrected chi connectivity index (χ4v) is 4.30. The van der Waals surface area contributed by atoms with E-state index < -0.39 is 0 Å². The zero-order chi connectivity index (χ0) is 13.2. The van der Waals surface area contributed by atoms with Crippen molar-refractivity contribution in [2.24, 2.45) is 5.41 Å². The Morgan fingerprint density at radius 3 is 2.53 bits per heavy atom. The zero-order valence-corrected chi connectivity index (χ0v) is 12.5. The summed E-state index contributed by atoms with van der Waals surface area (Å²) >= 11 is 0. The second-order valence-electron chi connectivity index (χ2n) is 7.40. The van der Waals surface area contributed by atoms with Crippen LogP contribution >= 0.6 is 0 Å². The van der Waals surface area contributed by atoms with Gasteiger partial charge in [0.05, 0.1) is 0 Å². The standard InChI is InChI=1S/C16H30N2O/c1-15(7-11-19-12-8-15)13-18-10-9-17-16(14-18)5-3-2-4-6-16/h17H,2-14H2,1H3. The Morgan fingerprint density at radius 1 is 1.05 bits per heavy atom. The maximum Gasteiger partial charge on any atom is 0.0471 e. The van der Waals surface area contributed by atoms with E-state index in [0.29, 0.717) is 11.0 Å². The minimum Gasteiger partial charge on any atom is -0.381 e. The van der Waals surface area contributed by atoms with E-state index in [0.717, 1.165) is 13.2 Å². The first kappa shape index (κ1) is 13.8. The zero-order valence-electron chi connectivity index (χ0n) is 12.5. The van der Waals surface area contributed by atoms with Crippen LogP contribution in [-0.2, 0) is 4.74 Å². The van der Waals surface area contributed by atoms with Gasteiger partial charge in [-0.3, -0.25) is 4.90 Å². The summed E-state index contributed by atoms with van der Waals surface area (Å²) in [6.45, 7) is 9.38. The molecule has 0 aromatic heterocycles. The van der Waals surface area contributed by atoms with Crippen LogP contribution in [-0.4, -0.2) is 49.8 Å². The molecule has 110 valence electrons. The number of rotatable bonds is 2. The Kier molecular flexibility index (Phi) is 4.16. The quantitative estimate of drug-likeness (QED) is 0.830. The second-order valence-corrected chi connectivity index (χ2v) is 7.40. The Hall–Kier alpha value is -0.120. The van der Waals surface area contributed by atoms with Crippen molar-refractivity contribution in [2.45, 2.75) is 57.4 Å². The minimum absolute atomic E-state index is 0.456.